The van der Waals surface area contributed by atoms with E-state index in [1.54, 1.807) is 17.8 Å². The summed E-state index contributed by atoms with van der Waals surface area (Å²) in [5.74, 6) is 0.689. The van der Waals surface area contributed by atoms with Crippen LogP contribution in [0, 0.1) is 0 Å². The van der Waals surface area contributed by atoms with Crippen molar-refractivity contribution in [1.82, 2.24) is 10.6 Å². The molecule has 0 radical (unpaired) electrons. The number of rotatable bonds is 5. The third kappa shape index (κ3) is 5.23. The Kier molecular flexibility index (Phi) is 5.79. The highest BCUT2D eigenvalue weighted by molar-refractivity contribution is 8.00. The summed E-state index contributed by atoms with van der Waals surface area (Å²) in [6, 6.07) is 0.0751. The minimum atomic E-state index is 0.0751. The van der Waals surface area contributed by atoms with Crippen LogP contribution in [0.2, 0.25) is 0 Å². The first-order valence-corrected chi connectivity index (χ1v) is 6.51. The van der Waals surface area contributed by atoms with Gasteiger partial charge in [-0.15, -0.1) is 18.3 Å². The molecule has 0 spiro atoms. The van der Waals surface area contributed by atoms with Gasteiger partial charge in [0.05, 0.1) is 5.75 Å². The molecule has 1 atom stereocenters. The van der Waals surface area contributed by atoms with Crippen LogP contribution in [0.15, 0.2) is 12.7 Å². The zero-order valence-electron chi connectivity index (χ0n) is 9.29. The number of piperidine rings is 1. The number of thioether (sulfide) groups is 1. The second-order valence-electron chi connectivity index (χ2n) is 3.85. The SMILES string of the molecule is C=CC(C)NC(=O)CSC1CCNCC1. The van der Waals surface area contributed by atoms with Crippen LogP contribution in [-0.4, -0.2) is 36.0 Å². The molecule has 1 saturated heterocycles. The van der Waals surface area contributed by atoms with E-state index in [4.69, 9.17) is 0 Å². The summed E-state index contributed by atoms with van der Waals surface area (Å²) < 4.78 is 0. The molecule has 2 N–H and O–H groups in total. The molecular formula is C11H20N2OS. The quantitative estimate of drug-likeness (QED) is 0.694. The minimum absolute atomic E-state index is 0.0751. The van der Waals surface area contributed by atoms with Crippen molar-refractivity contribution in [2.45, 2.75) is 31.1 Å². The lowest BCUT2D eigenvalue weighted by Gasteiger charge is -2.21. The van der Waals surface area contributed by atoms with E-state index in [1.807, 2.05) is 6.92 Å². The first-order valence-electron chi connectivity index (χ1n) is 5.46. The van der Waals surface area contributed by atoms with Gasteiger partial charge < -0.3 is 10.6 Å². The van der Waals surface area contributed by atoms with Crippen LogP contribution in [0.4, 0.5) is 0 Å². The van der Waals surface area contributed by atoms with Crippen molar-refractivity contribution in [3.63, 3.8) is 0 Å². The molecule has 15 heavy (non-hydrogen) atoms. The minimum Gasteiger partial charge on any atom is -0.349 e. The van der Waals surface area contributed by atoms with E-state index in [0.29, 0.717) is 11.0 Å². The van der Waals surface area contributed by atoms with Gasteiger partial charge in [0.2, 0.25) is 5.91 Å². The Hall–Kier alpha value is -0.480. The smallest absolute Gasteiger partial charge is 0.230 e. The topological polar surface area (TPSA) is 41.1 Å². The average Bonchev–Trinajstić information content (AvgIpc) is 2.27. The zero-order valence-corrected chi connectivity index (χ0v) is 10.1. The fourth-order valence-electron chi connectivity index (χ4n) is 1.51. The van der Waals surface area contributed by atoms with Gasteiger partial charge in [0.15, 0.2) is 0 Å². The van der Waals surface area contributed by atoms with Gasteiger partial charge in [0.25, 0.3) is 0 Å². The summed E-state index contributed by atoms with van der Waals surface area (Å²) in [5, 5.41) is 6.84. The maximum absolute atomic E-state index is 11.5. The summed E-state index contributed by atoms with van der Waals surface area (Å²) in [4.78, 5) is 11.5. The van der Waals surface area contributed by atoms with Crippen LogP contribution >= 0.6 is 11.8 Å². The van der Waals surface area contributed by atoms with E-state index in [0.717, 1.165) is 13.1 Å². The predicted molar refractivity (Wildman–Crippen MR) is 66.2 cm³/mol. The Morgan fingerprint density at radius 1 is 1.67 bits per heavy atom. The molecule has 3 nitrogen and oxygen atoms in total. The summed E-state index contributed by atoms with van der Waals surface area (Å²) in [6.45, 7) is 7.74. The molecule has 1 aliphatic heterocycles. The fourth-order valence-corrected chi connectivity index (χ4v) is 2.55. The van der Waals surface area contributed by atoms with Crippen molar-refractivity contribution in [2.75, 3.05) is 18.8 Å². The Labute approximate surface area is 96.1 Å². The normalized spacial score (nSPS) is 19.5. The van der Waals surface area contributed by atoms with Crippen molar-refractivity contribution < 1.29 is 4.79 Å². The molecule has 0 aromatic carbocycles. The third-order valence-electron chi connectivity index (χ3n) is 2.48. The molecule has 0 aliphatic carbocycles. The van der Waals surface area contributed by atoms with E-state index in [-0.39, 0.29) is 11.9 Å². The molecule has 1 heterocycles. The number of hydrogen-bond acceptors (Lipinski definition) is 3. The molecule has 1 fully saturated rings. The molecule has 1 aliphatic rings. The highest BCUT2D eigenvalue weighted by Gasteiger charge is 2.15. The molecule has 0 aromatic rings. The van der Waals surface area contributed by atoms with Crippen LogP contribution in [0.5, 0.6) is 0 Å². The fraction of sp³-hybridized carbons (Fsp3) is 0.727. The highest BCUT2D eigenvalue weighted by atomic mass is 32.2. The molecule has 1 unspecified atom stereocenters. The molecular weight excluding hydrogens is 208 g/mol. The van der Waals surface area contributed by atoms with E-state index in [1.165, 1.54) is 12.8 Å². The summed E-state index contributed by atoms with van der Waals surface area (Å²) in [7, 11) is 0. The lowest BCUT2D eigenvalue weighted by atomic mass is 10.2. The molecule has 86 valence electrons. The van der Waals surface area contributed by atoms with Crippen LogP contribution in [0.3, 0.4) is 0 Å². The van der Waals surface area contributed by atoms with Gasteiger partial charge in [-0.05, 0) is 32.9 Å². The number of nitrogens with one attached hydrogen (secondary N) is 2. The Balaban J connectivity index is 2.12. The molecule has 0 bridgehead atoms. The van der Waals surface area contributed by atoms with Crippen molar-refractivity contribution in [3.05, 3.63) is 12.7 Å². The number of carbonyl (C=O) groups excluding carboxylic acids is 1. The summed E-state index contributed by atoms with van der Waals surface area (Å²) in [5.41, 5.74) is 0. The van der Waals surface area contributed by atoms with Gasteiger partial charge in [-0.3, -0.25) is 4.79 Å². The lowest BCUT2D eigenvalue weighted by molar-refractivity contribution is -0.118. The van der Waals surface area contributed by atoms with Crippen LogP contribution in [-0.2, 0) is 4.79 Å². The second-order valence-corrected chi connectivity index (χ2v) is 5.14. The number of hydrogen-bond donors (Lipinski definition) is 2. The summed E-state index contributed by atoms with van der Waals surface area (Å²) in [6.07, 6.45) is 4.09. The largest absolute Gasteiger partial charge is 0.349 e. The first-order chi connectivity index (χ1) is 7.22. The van der Waals surface area contributed by atoms with Gasteiger partial charge in [-0.25, -0.2) is 0 Å². The molecule has 1 amide bonds. The zero-order chi connectivity index (χ0) is 11.1. The van der Waals surface area contributed by atoms with Crippen molar-refractivity contribution in [2.24, 2.45) is 0 Å². The maximum atomic E-state index is 11.5. The maximum Gasteiger partial charge on any atom is 0.230 e. The van der Waals surface area contributed by atoms with Crippen molar-refractivity contribution in [1.29, 1.82) is 0 Å². The molecule has 0 aromatic heterocycles. The van der Waals surface area contributed by atoms with Crippen LogP contribution < -0.4 is 10.6 Å². The average molecular weight is 228 g/mol. The highest BCUT2D eigenvalue weighted by Crippen LogP contribution is 2.19. The van der Waals surface area contributed by atoms with Gasteiger partial charge in [0.1, 0.15) is 0 Å². The van der Waals surface area contributed by atoms with Crippen LogP contribution in [0.25, 0.3) is 0 Å². The van der Waals surface area contributed by atoms with E-state index < -0.39 is 0 Å². The Bertz CT molecular complexity index is 215. The van der Waals surface area contributed by atoms with Gasteiger partial charge >= 0.3 is 0 Å². The predicted octanol–water partition coefficient (Wildman–Crippen LogP) is 1.16. The number of carbonyl (C=O) groups is 1. The van der Waals surface area contributed by atoms with Gasteiger partial charge in [-0.1, -0.05) is 6.08 Å². The molecule has 4 heteroatoms. The van der Waals surface area contributed by atoms with Gasteiger partial charge in [0, 0.05) is 11.3 Å². The lowest BCUT2D eigenvalue weighted by Crippen LogP contribution is -2.34. The summed E-state index contributed by atoms with van der Waals surface area (Å²) >= 11 is 1.77. The Morgan fingerprint density at radius 2 is 2.33 bits per heavy atom. The standard InChI is InChI=1S/C11H20N2OS/c1-3-9(2)13-11(14)8-15-10-4-6-12-7-5-10/h3,9-10,12H,1,4-8H2,2H3,(H,13,14). The first kappa shape index (κ1) is 12.6. The van der Waals surface area contributed by atoms with Crippen LogP contribution in [0.1, 0.15) is 19.8 Å². The Morgan fingerprint density at radius 3 is 2.93 bits per heavy atom. The second kappa shape index (κ2) is 6.90. The third-order valence-corrected chi connectivity index (χ3v) is 3.85. The van der Waals surface area contributed by atoms with E-state index >= 15 is 0 Å². The monoisotopic (exact) mass is 228 g/mol. The van der Waals surface area contributed by atoms with E-state index in [9.17, 15) is 4.79 Å². The van der Waals surface area contributed by atoms with Crippen molar-refractivity contribution in [3.8, 4) is 0 Å². The van der Waals surface area contributed by atoms with E-state index in [2.05, 4.69) is 17.2 Å². The van der Waals surface area contributed by atoms with Gasteiger partial charge in [-0.2, -0.15) is 0 Å². The van der Waals surface area contributed by atoms with Crippen molar-refractivity contribution >= 4 is 17.7 Å². The molecule has 1 rings (SSSR count). The molecule has 0 saturated carbocycles. The number of amides is 1.